The molecule has 0 amide bonds. The average molecular weight is 739 g/mol. The summed E-state index contributed by atoms with van der Waals surface area (Å²) in [4.78, 5) is 0. The van der Waals surface area contributed by atoms with Gasteiger partial charge in [0.1, 0.15) is 24.4 Å². The average Bonchev–Trinajstić information content (AvgIpc) is 3.19. The third-order valence-electron chi connectivity index (χ3n) is 8.06. The van der Waals surface area contributed by atoms with Gasteiger partial charge in [0.15, 0.2) is 12.6 Å². The number of methoxy groups -OCH3 is 2. The predicted molar refractivity (Wildman–Crippen MR) is 188 cm³/mol. The molecule has 14 heteroatoms. The minimum absolute atomic E-state index is 0.292. The third kappa shape index (κ3) is 16.5. The van der Waals surface area contributed by atoms with E-state index < -0.39 is 37.0 Å². The van der Waals surface area contributed by atoms with Crippen LogP contribution in [0, 0.1) is 0 Å². The summed E-state index contributed by atoms with van der Waals surface area (Å²) in [5.41, 5.74) is 1.80. The van der Waals surface area contributed by atoms with Gasteiger partial charge in [-0.3, -0.25) is 0 Å². The summed E-state index contributed by atoms with van der Waals surface area (Å²) < 4.78 is 81.7. The van der Waals surface area contributed by atoms with Gasteiger partial charge in [-0.2, -0.15) is 0 Å². The Morgan fingerprint density at radius 3 is 1.06 bits per heavy atom. The number of hydrogen-bond donors (Lipinski definition) is 0. The molecule has 0 saturated carbocycles. The summed E-state index contributed by atoms with van der Waals surface area (Å²) >= 11 is 0. The van der Waals surface area contributed by atoms with Crippen molar-refractivity contribution < 1.29 is 66.3 Å². The Morgan fingerprint density at radius 1 is 0.423 bits per heavy atom. The second kappa shape index (κ2) is 27.5. The first kappa shape index (κ1) is 42.6. The molecule has 2 aliphatic rings. The lowest BCUT2D eigenvalue weighted by atomic mass is 10.00. The Hall–Kier alpha value is -2.12. The maximum Gasteiger partial charge on any atom is 0.184 e. The van der Waals surface area contributed by atoms with Gasteiger partial charge >= 0.3 is 0 Å². The highest BCUT2D eigenvalue weighted by Gasteiger charge is 2.46. The summed E-state index contributed by atoms with van der Waals surface area (Å²) in [6.45, 7) is 8.03. The molecule has 6 atom stereocenters. The zero-order chi connectivity index (χ0) is 36.3. The maximum absolute atomic E-state index is 6.66. The van der Waals surface area contributed by atoms with E-state index >= 15 is 0 Å². The van der Waals surface area contributed by atoms with Crippen molar-refractivity contribution in [3.05, 3.63) is 71.8 Å². The van der Waals surface area contributed by atoms with E-state index in [1.807, 2.05) is 60.7 Å². The highest BCUT2D eigenvalue weighted by atomic mass is 16.7. The molecule has 0 bridgehead atoms. The van der Waals surface area contributed by atoms with Crippen molar-refractivity contribution in [2.45, 2.75) is 37.0 Å². The predicted octanol–water partition coefficient (Wildman–Crippen LogP) is 3.38. The van der Waals surface area contributed by atoms with E-state index in [1.54, 1.807) is 14.2 Å². The molecule has 0 spiro atoms. The first-order valence-corrected chi connectivity index (χ1v) is 18.1. The van der Waals surface area contributed by atoms with Crippen LogP contribution in [0.5, 0.6) is 0 Å². The standard InChI is InChI=1S/C38H58O14/c1-39-13-15-41-17-19-43-21-23-45-25-27-47-33-29-49-37(31-9-5-3-6-10-31)51-35(33)36-34(30-50-38(52-36)32-11-7-4-8-12-32)48-28-26-46-24-22-44-20-18-42-16-14-40-2/h3-12,33-38H,13-30H2,1-2H3/t33-,34-,35-,36-,37?,38?/m1/s1. The fourth-order valence-corrected chi connectivity index (χ4v) is 5.41. The van der Waals surface area contributed by atoms with Gasteiger partial charge < -0.3 is 66.3 Å². The highest BCUT2D eigenvalue weighted by molar-refractivity contribution is 5.18. The van der Waals surface area contributed by atoms with Crippen molar-refractivity contribution >= 4 is 0 Å². The fourth-order valence-electron chi connectivity index (χ4n) is 5.41. The van der Waals surface area contributed by atoms with Crippen LogP contribution in [0.25, 0.3) is 0 Å². The van der Waals surface area contributed by atoms with Crippen LogP contribution in [0.1, 0.15) is 23.7 Å². The summed E-state index contributed by atoms with van der Waals surface area (Å²) in [5, 5.41) is 0. The zero-order valence-electron chi connectivity index (χ0n) is 30.7. The summed E-state index contributed by atoms with van der Waals surface area (Å²) in [6, 6.07) is 19.7. The zero-order valence-corrected chi connectivity index (χ0v) is 30.7. The van der Waals surface area contributed by atoms with Gasteiger partial charge in [0, 0.05) is 25.3 Å². The van der Waals surface area contributed by atoms with E-state index in [9.17, 15) is 0 Å². The van der Waals surface area contributed by atoms with E-state index in [0.717, 1.165) is 11.1 Å². The maximum atomic E-state index is 6.66. The van der Waals surface area contributed by atoms with E-state index in [4.69, 9.17) is 66.3 Å². The second-order valence-electron chi connectivity index (χ2n) is 11.8. The molecule has 0 N–H and O–H groups in total. The molecule has 2 heterocycles. The van der Waals surface area contributed by atoms with Gasteiger partial charge in [0.2, 0.25) is 0 Å². The van der Waals surface area contributed by atoms with Crippen molar-refractivity contribution in [2.24, 2.45) is 0 Å². The molecular weight excluding hydrogens is 680 g/mol. The molecule has 2 aromatic rings. The fraction of sp³-hybridized carbons (Fsp3) is 0.684. The normalized spacial score (nSPS) is 23.6. The minimum Gasteiger partial charge on any atom is -0.382 e. The van der Waals surface area contributed by atoms with Gasteiger partial charge in [-0.05, 0) is 0 Å². The van der Waals surface area contributed by atoms with Crippen molar-refractivity contribution in [1.29, 1.82) is 0 Å². The molecule has 0 radical (unpaired) electrons. The topological polar surface area (TPSA) is 129 Å². The quantitative estimate of drug-likeness (QED) is 0.113. The SMILES string of the molecule is COCCOCCOCCOCCO[C@@H]1COC(c2ccccc2)O[C@H]1[C@@H]1OC(c2ccccc2)OC[C@H]1OCCOCCOCCOCCOC. The lowest BCUT2D eigenvalue weighted by Gasteiger charge is -2.45. The molecular formula is C38H58O14. The molecule has 2 unspecified atom stereocenters. The molecule has 14 nitrogen and oxygen atoms in total. The Balaban J connectivity index is 1.29. The van der Waals surface area contributed by atoms with Gasteiger partial charge in [-0.1, -0.05) is 60.7 Å². The van der Waals surface area contributed by atoms with E-state index in [0.29, 0.717) is 119 Å². The van der Waals surface area contributed by atoms with Crippen LogP contribution in [0.2, 0.25) is 0 Å². The van der Waals surface area contributed by atoms with Crippen LogP contribution >= 0.6 is 0 Å². The van der Waals surface area contributed by atoms with Crippen molar-refractivity contribution in [2.75, 3.05) is 133 Å². The molecule has 2 fully saturated rings. The Labute approximate surface area is 308 Å². The largest absolute Gasteiger partial charge is 0.382 e. The van der Waals surface area contributed by atoms with Crippen molar-refractivity contribution in [1.82, 2.24) is 0 Å². The number of hydrogen-bond acceptors (Lipinski definition) is 14. The Morgan fingerprint density at radius 2 is 0.731 bits per heavy atom. The van der Waals surface area contributed by atoms with Gasteiger partial charge in [0.25, 0.3) is 0 Å². The van der Waals surface area contributed by atoms with Crippen LogP contribution in [0.3, 0.4) is 0 Å². The lowest BCUT2D eigenvalue weighted by Crippen LogP contribution is -2.57. The summed E-state index contributed by atoms with van der Waals surface area (Å²) in [7, 11) is 3.29. The Bertz CT molecular complexity index is 1030. The van der Waals surface area contributed by atoms with Gasteiger partial charge in [-0.25, -0.2) is 0 Å². The van der Waals surface area contributed by atoms with E-state index in [-0.39, 0.29) is 0 Å². The number of rotatable bonds is 29. The first-order chi connectivity index (χ1) is 25.8. The monoisotopic (exact) mass is 738 g/mol. The lowest BCUT2D eigenvalue weighted by molar-refractivity contribution is -0.340. The second-order valence-corrected chi connectivity index (χ2v) is 11.8. The highest BCUT2D eigenvalue weighted by Crippen LogP contribution is 2.36. The number of benzene rings is 2. The van der Waals surface area contributed by atoms with Gasteiger partial charge in [-0.15, -0.1) is 0 Å². The molecule has 4 rings (SSSR count). The van der Waals surface area contributed by atoms with Crippen LogP contribution in [0.4, 0.5) is 0 Å². The molecule has 2 aromatic carbocycles. The van der Waals surface area contributed by atoms with E-state index in [1.165, 1.54) is 0 Å². The Kier molecular flexibility index (Phi) is 22.5. The summed E-state index contributed by atoms with van der Waals surface area (Å²) in [6.07, 6.45) is -3.20. The van der Waals surface area contributed by atoms with E-state index in [2.05, 4.69) is 0 Å². The molecule has 294 valence electrons. The first-order valence-electron chi connectivity index (χ1n) is 18.1. The van der Waals surface area contributed by atoms with Crippen LogP contribution in [-0.2, 0) is 66.3 Å². The van der Waals surface area contributed by atoms with Crippen molar-refractivity contribution in [3.63, 3.8) is 0 Å². The van der Waals surface area contributed by atoms with Gasteiger partial charge in [0.05, 0.1) is 119 Å². The molecule has 0 aliphatic carbocycles. The summed E-state index contributed by atoms with van der Waals surface area (Å²) in [5.74, 6) is 0. The number of ether oxygens (including phenoxy) is 14. The van der Waals surface area contributed by atoms with Crippen LogP contribution in [-0.4, -0.2) is 158 Å². The smallest absolute Gasteiger partial charge is 0.184 e. The molecule has 0 aromatic heterocycles. The third-order valence-corrected chi connectivity index (χ3v) is 8.06. The van der Waals surface area contributed by atoms with Crippen molar-refractivity contribution in [3.8, 4) is 0 Å². The molecule has 2 saturated heterocycles. The van der Waals surface area contributed by atoms with Crippen LogP contribution < -0.4 is 0 Å². The molecule has 2 aliphatic heterocycles. The van der Waals surface area contributed by atoms with Crippen LogP contribution in [0.15, 0.2) is 60.7 Å². The minimum atomic E-state index is -0.603. The molecule has 52 heavy (non-hydrogen) atoms.